The van der Waals surface area contributed by atoms with Crippen molar-refractivity contribution in [3.05, 3.63) is 23.8 Å². The highest BCUT2D eigenvalue weighted by Crippen LogP contribution is 2.39. The van der Waals surface area contributed by atoms with Gasteiger partial charge in [0.15, 0.2) is 0 Å². The van der Waals surface area contributed by atoms with E-state index in [-0.39, 0.29) is 0 Å². The molecule has 1 saturated heterocycles. The molecule has 1 unspecified atom stereocenters. The van der Waals surface area contributed by atoms with Crippen LogP contribution in [-0.2, 0) is 5.60 Å². The first-order valence-corrected chi connectivity index (χ1v) is 6.37. The lowest BCUT2D eigenvalue weighted by molar-refractivity contribution is 0.0653. The highest BCUT2D eigenvalue weighted by molar-refractivity contribution is 7.99. The van der Waals surface area contributed by atoms with Gasteiger partial charge >= 0.3 is 0 Å². The highest BCUT2D eigenvalue weighted by atomic mass is 32.2. The van der Waals surface area contributed by atoms with Gasteiger partial charge in [-0.3, -0.25) is 0 Å². The normalized spacial score (nSPS) is 24.4. The van der Waals surface area contributed by atoms with Gasteiger partial charge in [-0.15, -0.1) is 0 Å². The van der Waals surface area contributed by atoms with Gasteiger partial charge in [0.2, 0.25) is 0 Å². The van der Waals surface area contributed by atoms with Gasteiger partial charge in [-0.2, -0.15) is 11.8 Å². The second-order valence-electron chi connectivity index (χ2n) is 3.94. The maximum atomic E-state index is 10.5. The first-order valence-electron chi connectivity index (χ1n) is 5.21. The monoisotopic (exact) mass is 240 g/mol. The third-order valence-electron chi connectivity index (χ3n) is 2.89. The van der Waals surface area contributed by atoms with Crippen molar-refractivity contribution >= 4 is 11.8 Å². The maximum absolute atomic E-state index is 10.5. The first-order chi connectivity index (χ1) is 7.68. The summed E-state index contributed by atoms with van der Waals surface area (Å²) in [6.07, 6.45) is 0.786. The second-order valence-corrected chi connectivity index (χ2v) is 5.04. The quantitative estimate of drug-likeness (QED) is 0.877. The summed E-state index contributed by atoms with van der Waals surface area (Å²) < 4.78 is 10.4. The molecule has 0 amide bonds. The van der Waals surface area contributed by atoms with Crippen molar-refractivity contribution in [1.29, 1.82) is 0 Å². The molecule has 0 bridgehead atoms. The van der Waals surface area contributed by atoms with Crippen molar-refractivity contribution < 1.29 is 14.6 Å². The second kappa shape index (κ2) is 4.55. The summed E-state index contributed by atoms with van der Waals surface area (Å²) in [6, 6.07) is 5.58. The standard InChI is InChI=1S/C12H16O3S/c1-14-10-5-9(6-11(7-10)15-2)12(13)3-4-16-8-12/h5-7,13H,3-4,8H2,1-2H3. The molecule has 0 aliphatic carbocycles. The van der Waals surface area contributed by atoms with Crippen LogP contribution < -0.4 is 9.47 Å². The fourth-order valence-electron chi connectivity index (χ4n) is 1.86. The lowest BCUT2D eigenvalue weighted by atomic mass is 9.93. The van der Waals surface area contributed by atoms with Gasteiger partial charge in [-0.1, -0.05) is 0 Å². The molecule has 0 radical (unpaired) electrons. The minimum atomic E-state index is -0.730. The summed E-state index contributed by atoms with van der Waals surface area (Å²) in [4.78, 5) is 0. The Morgan fingerprint density at radius 3 is 2.25 bits per heavy atom. The van der Waals surface area contributed by atoms with E-state index >= 15 is 0 Å². The van der Waals surface area contributed by atoms with E-state index in [1.54, 1.807) is 26.0 Å². The maximum Gasteiger partial charge on any atom is 0.122 e. The average Bonchev–Trinajstić information content (AvgIpc) is 2.77. The van der Waals surface area contributed by atoms with E-state index in [1.807, 2.05) is 18.2 Å². The molecule has 0 saturated carbocycles. The predicted octanol–water partition coefficient (Wildman–Crippen LogP) is 2.03. The minimum Gasteiger partial charge on any atom is -0.497 e. The van der Waals surface area contributed by atoms with Gasteiger partial charge in [0, 0.05) is 11.8 Å². The van der Waals surface area contributed by atoms with Crippen LogP contribution in [0, 0.1) is 0 Å². The molecule has 1 atom stereocenters. The molecule has 1 aliphatic rings. The van der Waals surface area contributed by atoms with Crippen molar-refractivity contribution in [2.75, 3.05) is 25.7 Å². The Labute approximate surface area is 99.8 Å². The first kappa shape index (κ1) is 11.6. The Balaban J connectivity index is 2.39. The van der Waals surface area contributed by atoms with Crippen LogP contribution in [0.3, 0.4) is 0 Å². The van der Waals surface area contributed by atoms with Gasteiger partial charge in [0.25, 0.3) is 0 Å². The summed E-state index contributed by atoms with van der Waals surface area (Å²) in [5.74, 6) is 3.18. The molecule has 1 fully saturated rings. The van der Waals surface area contributed by atoms with Gasteiger partial charge in [-0.25, -0.2) is 0 Å². The number of ether oxygens (including phenoxy) is 2. The van der Waals surface area contributed by atoms with Crippen LogP contribution in [0.25, 0.3) is 0 Å². The van der Waals surface area contributed by atoms with E-state index in [0.29, 0.717) is 0 Å². The predicted molar refractivity (Wildman–Crippen MR) is 65.4 cm³/mol. The zero-order valence-corrected chi connectivity index (χ0v) is 10.3. The zero-order valence-electron chi connectivity index (χ0n) is 9.53. The van der Waals surface area contributed by atoms with Crippen LogP contribution in [0.5, 0.6) is 11.5 Å². The molecule has 1 aromatic rings. The third kappa shape index (κ3) is 2.13. The van der Waals surface area contributed by atoms with Crippen LogP contribution in [0.15, 0.2) is 18.2 Å². The molecule has 2 rings (SSSR count). The van der Waals surface area contributed by atoms with E-state index in [9.17, 15) is 5.11 Å². The van der Waals surface area contributed by atoms with E-state index in [0.717, 1.165) is 35.0 Å². The zero-order chi connectivity index (χ0) is 11.6. The van der Waals surface area contributed by atoms with E-state index < -0.39 is 5.60 Å². The van der Waals surface area contributed by atoms with Crippen LogP contribution in [0.1, 0.15) is 12.0 Å². The van der Waals surface area contributed by atoms with Gasteiger partial charge in [0.05, 0.1) is 19.8 Å². The van der Waals surface area contributed by atoms with Crippen molar-refractivity contribution in [2.24, 2.45) is 0 Å². The number of rotatable bonds is 3. The van der Waals surface area contributed by atoms with E-state index in [4.69, 9.17) is 9.47 Å². The smallest absolute Gasteiger partial charge is 0.122 e. The molecule has 0 aromatic heterocycles. The molecule has 0 spiro atoms. The lowest BCUT2D eigenvalue weighted by Gasteiger charge is -2.23. The summed E-state index contributed by atoms with van der Waals surface area (Å²) in [7, 11) is 3.23. The highest BCUT2D eigenvalue weighted by Gasteiger charge is 2.34. The fourth-order valence-corrected chi connectivity index (χ4v) is 3.13. The molecule has 88 valence electrons. The SMILES string of the molecule is COc1cc(OC)cc(C2(O)CCSC2)c1. The largest absolute Gasteiger partial charge is 0.497 e. The number of methoxy groups -OCH3 is 2. The van der Waals surface area contributed by atoms with Crippen LogP contribution in [-0.4, -0.2) is 30.8 Å². The Bertz CT molecular complexity index is 350. The van der Waals surface area contributed by atoms with Crippen molar-refractivity contribution in [3.63, 3.8) is 0 Å². The minimum absolute atomic E-state index is 0.722. The van der Waals surface area contributed by atoms with Gasteiger partial charge in [-0.05, 0) is 29.9 Å². The molecular weight excluding hydrogens is 224 g/mol. The molecule has 4 heteroatoms. The number of hydrogen-bond donors (Lipinski definition) is 1. The fraction of sp³-hybridized carbons (Fsp3) is 0.500. The number of aliphatic hydroxyl groups is 1. The number of hydrogen-bond acceptors (Lipinski definition) is 4. The van der Waals surface area contributed by atoms with Crippen LogP contribution in [0.2, 0.25) is 0 Å². The Kier molecular flexibility index (Phi) is 3.30. The molecule has 1 heterocycles. The summed E-state index contributed by atoms with van der Waals surface area (Å²) in [5, 5.41) is 10.5. The Hall–Kier alpha value is -0.870. The van der Waals surface area contributed by atoms with Gasteiger partial charge in [0.1, 0.15) is 11.5 Å². The lowest BCUT2D eigenvalue weighted by Crippen LogP contribution is -2.24. The summed E-state index contributed by atoms with van der Waals surface area (Å²) in [6.45, 7) is 0. The topological polar surface area (TPSA) is 38.7 Å². The van der Waals surface area contributed by atoms with Gasteiger partial charge < -0.3 is 14.6 Å². The van der Waals surface area contributed by atoms with Crippen molar-refractivity contribution in [1.82, 2.24) is 0 Å². The number of thioether (sulfide) groups is 1. The molecule has 1 aromatic carbocycles. The van der Waals surface area contributed by atoms with Crippen LogP contribution >= 0.6 is 11.8 Å². The van der Waals surface area contributed by atoms with Crippen molar-refractivity contribution in [3.8, 4) is 11.5 Å². The molecule has 16 heavy (non-hydrogen) atoms. The average molecular weight is 240 g/mol. The van der Waals surface area contributed by atoms with Crippen molar-refractivity contribution in [2.45, 2.75) is 12.0 Å². The number of benzene rings is 1. The summed E-state index contributed by atoms with van der Waals surface area (Å²) in [5.41, 5.74) is 0.153. The molecular formula is C12H16O3S. The Morgan fingerprint density at radius 2 is 1.81 bits per heavy atom. The van der Waals surface area contributed by atoms with E-state index in [1.165, 1.54) is 0 Å². The molecule has 1 N–H and O–H groups in total. The third-order valence-corrected chi connectivity index (χ3v) is 4.06. The molecule has 1 aliphatic heterocycles. The summed E-state index contributed by atoms with van der Waals surface area (Å²) >= 11 is 1.77. The Morgan fingerprint density at radius 1 is 1.19 bits per heavy atom. The van der Waals surface area contributed by atoms with Crippen LogP contribution in [0.4, 0.5) is 0 Å². The van der Waals surface area contributed by atoms with E-state index in [2.05, 4.69) is 0 Å². The molecule has 3 nitrogen and oxygen atoms in total.